The lowest BCUT2D eigenvalue weighted by molar-refractivity contribution is -0.384. The smallest absolute Gasteiger partial charge is 0.296 e. The van der Waals surface area contributed by atoms with Crippen LogP contribution in [0.4, 0.5) is 11.4 Å². The number of nitrogens with zero attached hydrogens (tertiary/aromatic N) is 1. The average Bonchev–Trinajstić information content (AvgIpc) is 2.89. The van der Waals surface area contributed by atoms with Crippen molar-refractivity contribution in [2.45, 2.75) is 6.54 Å². The van der Waals surface area contributed by atoms with Crippen LogP contribution in [0.15, 0.2) is 34.7 Å². The van der Waals surface area contributed by atoms with E-state index in [0.717, 1.165) is 6.07 Å². The summed E-state index contributed by atoms with van der Waals surface area (Å²) in [4.78, 5) is 22.0. The van der Waals surface area contributed by atoms with Gasteiger partial charge >= 0.3 is 0 Å². The zero-order valence-corrected chi connectivity index (χ0v) is 10.2. The fourth-order valence-electron chi connectivity index (χ4n) is 1.57. The van der Waals surface area contributed by atoms with Gasteiger partial charge in [-0.2, -0.15) is 0 Å². The molecule has 0 saturated carbocycles. The van der Waals surface area contributed by atoms with Crippen molar-refractivity contribution in [2.24, 2.45) is 5.73 Å². The number of anilines is 1. The van der Waals surface area contributed by atoms with Crippen LogP contribution in [-0.2, 0) is 6.54 Å². The van der Waals surface area contributed by atoms with E-state index in [1.54, 1.807) is 6.07 Å². The normalized spacial score (nSPS) is 10.2. The van der Waals surface area contributed by atoms with E-state index in [0.29, 0.717) is 5.76 Å². The van der Waals surface area contributed by atoms with Crippen molar-refractivity contribution in [1.29, 1.82) is 0 Å². The van der Waals surface area contributed by atoms with Crippen LogP contribution in [0.2, 0.25) is 0 Å². The van der Waals surface area contributed by atoms with E-state index in [2.05, 4.69) is 5.32 Å². The molecule has 0 bridgehead atoms. The Morgan fingerprint density at radius 3 is 2.75 bits per heavy atom. The molecule has 2 rings (SSSR count). The van der Waals surface area contributed by atoms with Crippen molar-refractivity contribution in [3.05, 3.63) is 52.0 Å². The molecule has 20 heavy (non-hydrogen) atoms. The average molecular weight is 277 g/mol. The summed E-state index contributed by atoms with van der Waals surface area (Å²) in [6.45, 7) is 0.145. The highest BCUT2D eigenvalue weighted by Crippen LogP contribution is 2.28. The van der Waals surface area contributed by atoms with Gasteiger partial charge in [-0.15, -0.1) is 0 Å². The molecule has 0 radical (unpaired) electrons. The van der Waals surface area contributed by atoms with E-state index in [-0.39, 0.29) is 23.7 Å². The Bertz CT molecular complexity index is 665. The lowest BCUT2D eigenvalue weighted by Crippen LogP contribution is -2.12. The van der Waals surface area contributed by atoms with E-state index >= 15 is 0 Å². The van der Waals surface area contributed by atoms with Gasteiger partial charge in [0.05, 0.1) is 17.5 Å². The number of nitro groups is 1. The van der Waals surface area contributed by atoms with E-state index < -0.39 is 16.5 Å². The van der Waals surface area contributed by atoms with Crippen molar-refractivity contribution in [2.75, 3.05) is 5.32 Å². The minimum absolute atomic E-state index is 0.00665. The molecule has 0 spiro atoms. The maximum atomic E-state index is 11.9. The third-order valence-electron chi connectivity index (χ3n) is 2.51. The van der Waals surface area contributed by atoms with Crippen LogP contribution in [-0.4, -0.2) is 15.9 Å². The number of carbonyl (C=O) groups excluding carboxylic acids is 1. The number of nitrogens with two attached hydrogens (primary N) is 1. The van der Waals surface area contributed by atoms with Gasteiger partial charge in [-0.1, -0.05) is 0 Å². The molecular formula is C12H11N3O5. The molecular weight excluding hydrogens is 266 g/mol. The molecule has 1 heterocycles. The molecule has 1 aromatic heterocycles. The van der Waals surface area contributed by atoms with Gasteiger partial charge in [0.1, 0.15) is 17.2 Å². The number of hydrogen-bond acceptors (Lipinski definition) is 6. The Kier molecular flexibility index (Phi) is 3.67. The van der Waals surface area contributed by atoms with Gasteiger partial charge in [0.15, 0.2) is 5.76 Å². The molecule has 2 aromatic rings. The Balaban J connectivity index is 2.25. The van der Waals surface area contributed by atoms with Crippen LogP contribution < -0.4 is 11.1 Å². The third kappa shape index (κ3) is 2.75. The second-order valence-corrected chi connectivity index (χ2v) is 3.88. The Hall–Kier alpha value is -2.87. The zero-order chi connectivity index (χ0) is 14.7. The van der Waals surface area contributed by atoms with Crippen LogP contribution in [0.5, 0.6) is 5.75 Å². The zero-order valence-electron chi connectivity index (χ0n) is 10.2. The molecule has 0 saturated heterocycles. The number of phenols is 1. The minimum atomic E-state index is -0.706. The third-order valence-corrected chi connectivity index (χ3v) is 2.51. The van der Waals surface area contributed by atoms with Crippen molar-refractivity contribution in [1.82, 2.24) is 0 Å². The van der Waals surface area contributed by atoms with Crippen LogP contribution in [0, 0.1) is 10.1 Å². The maximum absolute atomic E-state index is 11.9. The summed E-state index contributed by atoms with van der Waals surface area (Å²) < 4.78 is 5.13. The minimum Gasteiger partial charge on any atom is -0.508 e. The summed E-state index contributed by atoms with van der Waals surface area (Å²) in [5.74, 6) is -0.486. The predicted octanol–water partition coefficient (Wildman–Crippen LogP) is 1.60. The van der Waals surface area contributed by atoms with Gasteiger partial charge < -0.3 is 20.6 Å². The molecule has 1 aromatic carbocycles. The highest BCUT2D eigenvalue weighted by atomic mass is 16.6. The summed E-state index contributed by atoms with van der Waals surface area (Å²) in [6.07, 6.45) is 0. The van der Waals surface area contributed by atoms with Gasteiger partial charge in [0, 0.05) is 0 Å². The van der Waals surface area contributed by atoms with E-state index in [1.807, 2.05) is 0 Å². The fourth-order valence-corrected chi connectivity index (χ4v) is 1.57. The first-order valence-corrected chi connectivity index (χ1v) is 5.59. The first-order valence-electron chi connectivity index (χ1n) is 5.59. The summed E-state index contributed by atoms with van der Waals surface area (Å²) >= 11 is 0. The monoisotopic (exact) mass is 277 g/mol. The van der Waals surface area contributed by atoms with Crippen LogP contribution in [0.25, 0.3) is 0 Å². The summed E-state index contributed by atoms with van der Waals surface area (Å²) in [5, 5.41) is 22.4. The highest BCUT2D eigenvalue weighted by molar-refractivity contribution is 6.03. The largest absolute Gasteiger partial charge is 0.508 e. The first-order chi connectivity index (χ1) is 9.51. The van der Waals surface area contributed by atoms with Crippen molar-refractivity contribution in [3.8, 4) is 5.75 Å². The molecule has 1 amide bonds. The summed E-state index contributed by atoms with van der Waals surface area (Å²) in [6, 6.07) is 6.38. The summed E-state index contributed by atoms with van der Waals surface area (Å²) in [5.41, 5.74) is 4.90. The molecule has 0 aliphatic rings. The molecule has 4 N–H and O–H groups in total. The predicted molar refractivity (Wildman–Crippen MR) is 69.3 cm³/mol. The van der Waals surface area contributed by atoms with Crippen molar-refractivity contribution in [3.63, 3.8) is 0 Å². The lowest BCUT2D eigenvalue weighted by Gasteiger charge is -2.04. The topological polar surface area (TPSA) is 132 Å². The van der Waals surface area contributed by atoms with Gasteiger partial charge in [0.25, 0.3) is 11.6 Å². The number of phenolic OH excluding ortho intramolecular Hbond substituents is 1. The van der Waals surface area contributed by atoms with Gasteiger partial charge in [-0.25, -0.2) is 0 Å². The Morgan fingerprint density at radius 2 is 2.15 bits per heavy atom. The van der Waals surface area contributed by atoms with E-state index in [4.69, 9.17) is 10.2 Å². The number of carbonyl (C=O) groups is 1. The highest BCUT2D eigenvalue weighted by Gasteiger charge is 2.19. The number of aromatic hydroxyl groups is 1. The van der Waals surface area contributed by atoms with Crippen molar-refractivity contribution < 1.29 is 19.2 Å². The number of hydrogen-bond donors (Lipinski definition) is 3. The molecule has 104 valence electrons. The Labute approximate surface area is 113 Å². The van der Waals surface area contributed by atoms with Gasteiger partial charge in [0.2, 0.25) is 0 Å². The van der Waals surface area contributed by atoms with Crippen LogP contribution in [0.3, 0.4) is 0 Å². The van der Waals surface area contributed by atoms with Gasteiger partial charge in [-0.05, 0) is 24.3 Å². The second kappa shape index (κ2) is 5.41. The number of rotatable bonds is 4. The molecule has 0 aliphatic carbocycles. The quantitative estimate of drug-likeness (QED) is 0.442. The lowest BCUT2D eigenvalue weighted by atomic mass is 10.2. The van der Waals surface area contributed by atoms with Crippen LogP contribution in [0.1, 0.15) is 16.3 Å². The maximum Gasteiger partial charge on any atom is 0.296 e. The number of benzene rings is 1. The first kappa shape index (κ1) is 13.6. The molecule has 0 fully saturated rings. The number of amides is 1. The molecule has 0 aliphatic heterocycles. The van der Waals surface area contributed by atoms with Crippen LogP contribution >= 0.6 is 0 Å². The molecule has 8 nitrogen and oxygen atoms in total. The molecule has 0 unspecified atom stereocenters. The van der Waals surface area contributed by atoms with E-state index in [9.17, 15) is 20.0 Å². The molecule has 0 atom stereocenters. The van der Waals surface area contributed by atoms with E-state index in [1.165, 1.54) is 18.2 Å². The second-order valence-electron chi connectivity index (χ2n) is 3.88. The standard InChI is InChI=1S/C12H11N3O5/c13-6-8-2-4-11(20-8)12(17)14-9-3-1-7(16)5-10(9)15(18)19/h1-5,16H,6,13H2,(H,14,17). The number of nitrogens with one attached hydrogen (secondary N) is 1. The number of nitro benzene ring substituents is 1. The molecule has 8 heteroatoms. The SMILES string of the molecule is NCc1ccc(C(=O)Nc2ccc(O)cc2[N+](=O)[O-])o1. The summed E-state index contributed by atoms with van der Waals surface area (Å²) in [7, 11) is 0. The number of furan rings is 1. The Morgan fingerprint density at radius 1 is 1.40 bits per heavy atom. The van der Waals surface area contributed by atoms with Gasteiger partial charge in [-0.3, -0.25) is 14.9 Å². The van der Waals surface area contributed by atoms with Crippen molar-refractivity contribution >= 4 is 17.3 Å². The fraction of sp³-hybridized carbons (Fsp3) is 0.0833.